The Kier molecular flexibility index (Phi) is 9.26. The predicted octanol–water partition coefficient (Wildman–Crippen LogP) is 3.29. The van der Waals surface area contributed by atoms with Crippen molar-refractivity contribution in [2.24, 2.45) is 0 Å². The third-order valence-electron chi connectivity index (χ3n) is 6.74. The van der Waals surface area contributed by atoms with Gasteiger partial charge in [0.2, 0.25) is 5.91 Å². The smallest absolute Gasteiger partial charge is 0.254 e. The molecule has 9 heteroatoms. The fourth-order valence-electron chi connectivity index (χ4n) is 4.53. The van der Waals surface area contributed by atoms with Gasteiger partial charge in [0.15, 0.2) is 5.82 Å². The number of hydrogen-bond donors (Lipinski definition) is 0. The second-order valence-electron chi connectivity index (χ2n) is 9.26. The van der Waals surface area contributed by atoms with Crippen LogP contribution in [0.3, 0.4) is 0 Å². The van der Waals surface area contributed by atoms with Crippen LogP contribution in [-0.4, -0.2) is 91.9 Å². The summed E-state index contributed by atoms with van der Waals surface area (Å²) in [6.45, 7) is 5.23. The van der Waals surface area contributed by atoms with Gasteiger partial charge in [-0.25, -0.2) is 0 Å². The van der Waals surface area contributed by atoms with Crippen LogP contribution in [0.1, 0.15) is 22.3 Å². The number of ether oxygens (including phenoxy) is 2. The quantitative estimate of drug-likeness (QED) is 0.430. The molecule has 0 unspecified atom stereocenters. The van der Waals surface area contributed by atoms with Crippen LogP contribution in [0.25, 0.3) is 11.3 Å². The Hall–Kier alpha value is -3.98. The third kappa shape index (κ3) is 6.66. The Labute approximate surface area is 224 Å². The molecule has 2 amide bonds. The highest BCUT2D eigenvalue weighted by atomic mass is 16.5. The van der Waals surface area contributed by atoms with E-state index in [1.54, 1.807) is 25.2 Å². The number of rotatable bonds is 9. The van der Waals surface area contributed by atoms with Crippen LogP contribution in [0.15, 0.2) is 60.7 Å². The first-order valence-corrected chi connectivity index (χ1v) is 12.8. The molecule has 0 aliphatic carbocycles. The van der Waals surface area contributed by atoms with Gasteiger partial charge in [-0.15, -0.1) is 10.2 Å². The van der Waals surface area contributed by atoms with Gasteiger partial charge in [0.25, 0.3) is 5.91 Å². The Bertz CT molecular complexity index is 1230. The number of hydrogen-bond acceptors (Lipinski definition) is 7. The summed E-state index contributed by atoms with van der Waals surface area (Å²) in [5, 5.41) is 8.88. The highest BCUT2D eigenvalue weighted by Gasteiger charge is 2.25. The third-order valence-corrected chi connectivity index (χ3v) is 6.74. The van der Waals surface area contributed by atoms with Gasteiger partial charge in [0, 0.05) is 51.0 Å². The van der Waals surface area contributed by atoms with Crippen molar-refractivity contribution in [3.8, 4) is 17.0 Å². The number of methoxy groups -OCH3 is 2. The van der Waals surface area contributed by atoms with Gasteiger partial charge in [0.1, 0.15) is 12.3 Å². The maximum absolute atomic E-state index is 13.3. The number of anilines is 1. The number of carbonyl (C=O) groups excluding carboxylic acids is 2. The molecule has 2 heterocycles. The van der Waals surface area contributed by atoms with Crippen molar-refractivity contribution in [1.82, 2.24) is 20.0 Å². The number of aromatic nitrogens is 2. The van der Waals surface area contributed by atoms with Crippen molar-refractivity contribution >= 4 is 17.6 Å². The van der Waals surface area contributed by atoms with E-state index < -0.39 is 0 Å². The lowest BCUT2D eigenvalue weighted by Crippen LogP contribution is -2.45. The fourth-order valence-corrected chi connectivity index (χ4v) is 4.53. The van der Waals surface area contributed by atoms with Crippen LogP contribution in [0.4, 0.5) is 5.82 Å². The molecule has 2 aromatic carbocycles. The number of carbonyl (C=O) groups is 2. The second kappa shape index (κ2) is 13.0. The van der Waals surface area contributed by atoms with Gasteiger partial charge in [-0.2, -0.15) is 0 Å². The van der Waals surface area contributed by atoms with Crippen LogP contribution < -0.4 is 9.64 Å². The van der Waals surface area contributed by atoms with Crippen molar-refractivity contribution in [2.45, 2.75) is 13.3 Å². The van der Waals surface area contributed by atoms with E-state index in [9.17, 15) is 9.59 Å². The fraction of sp³-hybridized carbons (Fsp3) is 0.379. The lowest BCUT2D eigenvalue weighted by Gasteiger charge is -2.27. The van der Waals surface area contributed by atoms with E-state index >= 15 is 0 Å². The van der Waals surface area contributed by atoms with Crippen LogP contribution in [0.5, 0.6) is 5.75 Å². The van der Waals surface area contributed by atoms with Crippen LogP contribution in [0.2, 0.25) is 0 Å². The summed E-state index contributed by atoms with van der Waals surface area (Å²) in [7, 11) is 3.23. The number of benzene rings is 2. The summed E-state index contributed by atoms with van der Waals surface area (Å²) < 4.78 is 10.5. The second-order valence-corrected chi connectivity index (χ2v) is 9.26. The van der Waals surface area contributed by atoms with E-state index in [-0.39, 0.29) is 18.4 Å². The molecule has 0 N–H and O–H groups in total. The summed E-state index contributed by atoms with van der Waals surface area (Å²) in [6.07, 6.45) is 0.800. The number of aryl methyl sites for hydroxylation is 1. The molecule has 38 heavy (non-hydrogen) atoms. The molecular formula is C29H35N5O4. The van der Waals surface area contributed by atoms with Crippen LogP contribution >= 0.6 is 0 Å². The van der Waals surface area contributed by atoms with Gasteiger partial charge in [-0.1, -0.05) is 30.3 Å². The van der Waals surface area contributed by atoms with E-state index in [1.165, 1.54) is 0 Å². The maximum Gasteiger partial charge on any atom is 0.254 e. The molecule has 4 rings (SSSR count). The summed E-state index contributed by atoms with van der Waals surface area (Å²) in [4.78, 5) is 32.1. The molecule has 1 aromatic heterocycles. The minimum Gasteiger partial charge on any atom is -0.497 e. The number of nitrogens with zero attached hydrogens (tertiary/aromatic N) is 5. The minimum atomic E-state index is -0.156. The zero-order valence-electron chi connectivity index (χ0n) is 22.3. The standard InChI is InChI=1S/C29H35N5O4/c1-22-8-4-5-11-25(22)29(36)34(18-19-37-2)21-28(35)33-15-7-14-32(16-17-33)27-13-12-26(30-31-27)23-9-6-10-24(20-23)38-3/h4-6,8-13,20H,7,14-19,21H2,1-3H3. The van der Waals surface area contributed by atoms with Crippen molar-refractivity contribution in [2.75, 3.05) is 65.0 Å². The minimum absolute atomic E-state index is 0.0194. The highest BCUT2D eigenvalue weighted by Crippen LogP contribution is 2.23. The largest absolute Gasteiger partial charge is 0.497 e. The SMILES string of the molecule is COCCN(CC(=O)N1CCCN(c2ccc(-c3cccc(OC)c3)nn2)CC1)C(=O)c1ccccc1C. The first-order valence-electron chi connectivity index (χ1n) is 12.8. The summed E-state index contributed by atoms with van der Waals surface area (Å²) in [5.41, 5.74) is 3.20. The summed E-state index contributed by atoms with van der Waals surface area (Å²) in [5.74, 6) is 1.33. The van der Waals surface area contributed by atoms with E-state index in [2.05, 4.69) is 15.1 Å². The monoisotopic (exact) mass is 517 g/mol. The summed E-state index contributed by atoms with van der Waals surface area (Å²) in [6, 6.07) is 19.1. The Morgan fingerprint density at radius 3 is 2.53 bits per heavy atom. The molecule has 1 saturated heterocycles. The molecule has 9 nitrogen and oxygen atoms in total. The first kappa shape index (κ1) is 27.1. The van der Waals surface area contributed by atoms with E-state index in [0.29, 0.717) is 38.3 Å². The maximum atomic E-state index is 13.3. The topological polar surface area (TPSA) is 88.1 Å². The van der Waals surface area contributed by atoms with Gasteiger partial charge >= 0.3 is 0 Å². The average Bonchev–Trinajstić information content (AvgIpc) is 3.22. The molecule has 1 aliphatic heterocycles. The summed E-state index contributed by atoms with van der Waals surface area (Å²) >= 11 is 0. The molecule has 0 atom stereocenters. The van der Waals surface area contributed by atoms with Gasteiger partial charge in [-0.05, 0) is 49.2 Å². The lowest BCUT2D eigenvalue weighted by atomic mass is 10.1. The van der Waals surface area contributed by atoms with Crippen molar-refractivity contribution in [1.29, 1.82) is 0 Å². The Morgan fingerprint density at radius 2 is 1.79 bits per heavy atom. The Balaban J connectivity index is 1.38. The molecule has 3 aromatic rings. The van der Waals surface area contributed by atoms with Crippen LogP contribution in [0, 0.1) is 6.92 Å². The van der Waals surface area contributed by atoms with Crippen molar-refractivity contribution in [3.05, 3.63) is 71.8 Å². The van der Waals surface area contributed by atoms with E-state index in [1.807, 2.05) is 66.4 Å². The molecular weight excluding hydrogens is 482 g/mol. The number of amides is 2. The molecule has 0 spiro atoms. The van der Waals surface area contributed by atoms with Crippen molar-refractivity contribution in [3.63, 3.8) is 0 Å². The molecule has 0 bridgehead atoms. The van der Waals surface area contributed by atoms with Gasteiger partial charge in [0.05, 0.1) is 19.4 Å². The normalized spacial score (nSPS) is 13.7. The zero-order chi connectivity index (χ0) is 26.9. The lowest BCUT2D eigenvalue weighted by molar-refractivity contribution is -0.131. The highest BCUT2D eigenvalue weighted by molar-refractivity contribution is 5.97. The van der Waals surface area contributed by atoms with Crippen molar-refractivity contribution < 1.29 is 19.1 Å². The molecule has 1 fully saturated rings. The molecule has 0 radical (unpaired) electrons. The molecule has 200 valence electrons. The molecule has 1 aliphatic rings. The van der Waals surface area contributed by atoms with Gasteiger partial charge < -0.3 is 24.2 Å². The van der Waals surface area contributed by atoms with E-state index in [0.717, 1.165) is 41.4 Å². The average molecular weight is 518 g/mol. The molecule has 0 saturated carbocycles. The zero-order valence-corrected chi connectivity index (χ0v) is 22.3. The van der Waals surface area contributed by atoms with Crippen LogP contribution in [-0.2, 0) is 9.53 Å². The first-order chi connectivity index (χ1) is 18.5. The predicted molar refractivity (Wildman–Crippen MR) is 146 cm³/mol. The van der Waals surface area contributed by atoms with Gasteiger partial charge in [-0.3, -0.25) is 9.59 Å². The Morgan fingerprint density at radius 1 is 0.947 bits per heavy atom. The van der Waals surface area contributed by atoms with E-state index in [4.69, 9.17) is 9.47 Å².